The summed E-state index contributed by atoms with van der Waals surface area (Å²) in [5, 5.41) is 0. The minimum Gasteiger partial charge on any atom is -0.335 e. The molecule has 20 valence electrons. The molecule has 0 bridgehead atoms. The molecule has 0 N–H and O–H groups in total. The van der Waals surface area contributed by atoms with E-state index in [0.29, 0.717) is 0 Å². The van der Waals surface area contributed by atoms with Crippen molar-refractivity contribution in [1.29, 1.82) is 0 Å². The second-order valence-corrected chi connectivity index (χ2v) is 0.577. The number of hydrogen-bond donors (Lipinski definition) is 0. The van der Waals surface area contributed by atoms with Gasteiger partial charge in [0.2, 0.25) is 0 Å². The molecule has 0 aromatic heterocycles. The van der Waals surface area contributed by atoms with Gasteiger partial charge in [-0.05, 0) is 0 Å². The van der Waals surface area contributed by atoms with Crippen LogP contribution in [0.1, 0.15) is 13.8 Å². The molecule has 0 fully saturated rings. The van der Waals surface area contributed by atoms with Crippen LogP contribution >= 0.6 is 0 Å². The van der Waals surface area contributed by atoms with Crippen molar-refractivity contribution >= 4 is 0 Å². The van der Waals surface area contributed by atoms with Crippen molar-refractivity contribution in [3.8, 4) is 0 Å². The summed E-state index contributed by atoms with van der Waals surface area (Å²) in [5.41, 5.74) is 0. The van der Waals surface area contributed by atoms with Crippen LogP contribution in [0, 0.1) is 6.42 Å². The van der Waals surface area contributed by atoms with Gasteiger partial charge >= 0.3 is 29.6 Å². The van der Waals surface area contributed by atoms with Gasteiger partial charge < -0.3 is 6.42 Å². The van der Waals surface area contributed by atoms with Crippen LogP contribution < -0.4 is 29.6 Å². The molecule has 0 unspecified atom stereocenters. The van der Waals surface area contributed by atoms with E-state index in [4.69, 9.17) is 0 Å². The Labute approximate surface area is 49.9 Å². The first-order chi connectivity index (χ1) is 1.41. The molecule has 0 saturated heterocycles. The van der Waals surface area contributed by atoms with Crippen molar-refractivity contribution in [2.24, 2.45) is 0 Å². The zero-order valence-corrected chi connectivity index (χ0v) is 5.58. The van der Waals surface area contributed by atoms with E-state index in [1.165, 1.54) is 0 Å². The fourth-order valence-electron chi connectivity index (χ4n) is 0. The van der Waals surface area contributed by atoms with E-state index in [1.807, 2.05) is 20.3 Å². The molecule has 0 saturated carbocycles. The predicted octanol–water partition coefficient (Wildman–Crippen LogP) is -1.77. The first kappa shape index (κ1) is 8.89. The minimum absolute atomic E-state index is 0. The Hall–Kier alpha value is 1.00. The molecule has 0 spiro atoms. The Morgan fingerprint density at radius 2 is 1.25 bits per heavy atom. The van der Waals surface area contributed by atoms with Gasteiger partial charge in [0.1, 0.15) is 0 Å². The third kappa shape index (κ3) is 12.0. The van der Waals surface area contributed by atoms with Gasteiger partial charge in [-0.25, -0.2) is 0 Å². The van der Waals surface area contributed by atoms with Crippen LogP contribution in [-0.2, 0) is 0 Å². The molecule has 0 aromatic carbocycles. The van der Waals surface area contributed by atoms with Gasteiger partial charge in [0.15, 0.2) is 0 Å². The van der Waals surface area contributed by atoms with E-state index in [9.17, 15) is 0 Å². The zero-order chi connectivity index (χ0) is 2.71. The average molecular weight is 66.1 g/mol. The van der Waals surface area contributed by atoms with E-state index >= 15 is 0 Å². The zero-order valence-electron chi connectivity index (χ0n) is 3.58. The van der Waals surface area contributed by atoms with Crippen molar-refractivity contribution in [1.82, 2.24) is 0 Å². The van der Waals surface area contributed by atoms with Crippen molar-refractivity contribution in [2.45, 2.75) is 13.8 Å². The van der Waals surface area contributed by atoms with Gasteiger partial charge in [0.25, 0.3) is 0 Å². The van der Waals surface area contributed by atoms with E-state index in [1.54, 1.807) is 0 Å². The Kier molecular flexibility index (Phi) is 20.0. The molecular weight excluding hydrogens is 59.0 g/mol. The van der Waals surface area contributed by atoms with Crippen molar-refractivity contribution in [2.75, 3.05) is 0 Å². The summed E-state index contributed by atoms with van der Waals surface area (Å²) in [6.45, 7) is 4.00. The Morgan fingerprint density at radius 1 is 1.25 bits per heavy atom. The average Bonchev–Trinajstić information content (AvgIpc) is 0.918. The SMILES string of the molecule is C[CH-]C.[Na+]. The molecule has 0 amide bonds. The normalized spacial score (nSPS) is 4.50. The summed E-state index contributed by atoms with van der Waals surface area (Å²) in [5.74, 6) is 0. The summed E-state index contributed by atoms with van der Waals surface area (Å²) >= 11 is 0. The molecule has 0 nitrogen and oxygen atoms in total. The van der Waals surface area contributed by atoms with Crippen LogP contribution in [0.4, 0.5) is 0 Å². The van der Waals surface area contributed by atoms with Gasteiger partial charge in [-0.1, -0.05) is 0 Å². The van der Waals surface area contributed by atoms with Crippen molar-refractivity contribution < 1.29 is 29.6 Å². The number of rotatable bonds is 0. The molecule has 0 aliphatic rings. The van der Waals surface area contributed by atoms with E-state index in [-0.39, 0.29) is 29.6 Å². The monoisotopic (exact) mass is 66.0 g/mol. The van der Waals surface area contributed by atoms with E-state index in [0.717, 1.165) is 0 Å². The summed E-state index contributed by atoms with van der Waals surface area (Å²) in [6, 6.07) is 0. The molecule has 1 heteroatoms. The maximum atomic E-state index is 2.00. The molecule has 4 heavy (non-hydrogen) atoms. The van der Waals surface area contributed by atoms with Gasteiger partial charge in [-0.15, -0.1) is 0 Å². The first-order valence-corrected chi connectivity index (χ1v) is 1.15. The third-order valence-electron chi connectivity index (χ3n) is 0. The topological polar surface area (TPSA) is 0 Å². The van der Waals surface area contributed by atoms with E-state index < -0.39 is 0 Å². The molecular formula is C3H7Na. The van der Waals surface area contributed by atoms with Crippen LogP contribution in [0.25, 0.3) is 0 Å². The first-order valence-electron chi connectivity index (χ1n) is 1.15. The second-order valence-electron chi connectivity index (χ2n) is 0.577. The fourth-order valence-corrected chi connectivity index (χ4v) is 0. The maximum Gasteiger partial charge on any atom is 1.00 e. The van der Waals surface area contributed by atoms with E-state index in [2.05, 4.69) is 0 Å². The standard InChI is InChI=1S/C3H7.Na/c1-3-2;/h3H,1-2H3;/q-1;+1. The summed E-state index contributed by atoms with van der Waals surface area (Å²) < 4.78 is 0. The van der Waals surface area contributed by atoms with Crippen LogP contribution in [0.5, 0.6) is 0 Å². The second kappa shape index (κ2) is 9.00. The van der Waals surface area contributed by atoms with Gasteiger partial charge in [0, 0.05) is 0 Å². The largest absolute Gasteiger partial charge is 1.00 e. The molecule has 0 atom stereocenters. The quantitative estimate of drug-likeness (QED) is 0.232. The molecule has 0 aliphatic heterocycles. The minimum atomic E-state index is 0. The molecule has 0 heterocycles. The van der Waals surface area contributed by atoms with Crippen LogP contribution in [0.3, 0.4) is 0 Å². The fraction of sp³-hybridized carbons (Fsp3) is 0.667. The Balaban J connectivity index is 0. The van der Waals surface area contributed by atoms with Crippen LogP contribution in [0.15, 0.2) is 0 Å². The van der Waals surface area contributed by atoms with Crippen molar-refractivity contribution in [3.05, 3.63) is 6.42 Å². The van der Waals surface area contributed by atoms with Crippen molar-refractivity contribution in [3.63, 3.8) is 0 Å². The molecule has 0 aliphatic carbocycles. The van der Waals surface area contributed by atoms with Gasteiger partial charge in [-0.3, -0.25) is 0 Å². The third-order valence-corrected chi connectivity index (χ3v) is 0. The summed E-state index contributed by atoms with van der Waals surface area (Å²) in [7, 11) is 0. The number of hydrogen-bond acceptors (Lipinski definition) is 0. The summed E-state index contributed by atoms with van der Waals surface area (Å²) in [6.07, 6.45) is 2.00. The predicted molar refractivity (Wildman–Crippen MR) is 15.6 cm³/mol. The maximum absolute atomic E-state index is 2.00. The molecule has 0 rings (SSSR count). The van der Waals surface area contributed by atoms with Crippen LogP contribution in [0.2, 0.25) is 0 Å². The Morgan fingerprint density at radius 3 is 1.25 bits per heavy atom. The molecule has 0 radical (unpaired) electrons. The summed E-state index contributed by atoms with van der Waals surface area (Å²) in [4.78, 5) is 0. The van der Waals surface area contributed by atoms with Gasteiger partial charge in [-0.2, -0.15) is 13.8 Å². The van der Waals surface area contributed by atoms with Gasteiger partial charge in [0.05, 0.1) is 0 Å². The van der Waals surface area contributed by atoms with Crippen LogP contribution in [-0.4, -0.2) is 0 Å². The molecule has 0 aromatic rings. The Bertz CT molecular complexity index is 3.25. The smallest absolute Gasteiger partial charge is 0.335 e.